The van der Waals surface area contributed by atoms with Crippen LogP contribution in [0.25, 0.3) is 0 Å². The van der Waals surface area contributed by atoms with Crippen molar-refractivity contribution in [3.63, 3.8) is 0 Å². The molecule has 1 aromatic carbocycles. The third kappa shape index (κ3) is 3.52. The molecular formula is C20H29ClN2O3. The molecule has 5 nitrogen and oxygen atoms in total. The van der Waals surface area contributed by atoms with Gasteiger partial charge in [-0.1, -0.05) is 0 Å². The number of nitrogens with zero attached hydrogens (tertiary/aromatic N) is 1. The number of carbonyl (C=O) groups is 1. The Bertz CT molecular complexity index is 681. The minimum Gasteiger partial charge on any atom is -0.494 e. The summed E-state index contributed by atoms with van der Waals surface area (Å²) in [6, 6.07) is 4.53. The smallest absolute Gasteiger partial charge is 0.226 e. The molecule has 0 radical (unpaired) electrons. The normalized spacial score (nSPS) is 29.4. The first kappa shape index (κ1) is 19.3. The van der Waals surface area contributed by atoms with E-state index in [2.05, 4.69) is 31.3 Å². The van der Waals surface area contributed by atoms with Gasteiger partial charge < -0.3 is 19.7 Å². The van der Waals surface area contributed by atoms with Gasteiger partial charge >= 0.3 is 0 Å². The first-order valence-corrected chi connectivity index (χ1v) is 9.56. The van der Waals surface area contributed by atoms with Gasteiger partial charge in [0.25, 0.3) is 0 Å². The molecule has 3 aliphatic rings. The monoisotopic (exact) mass is 380 g/mol. The summed E-state index contributed by atoms with van der Waals surface area (Å²) < 4.78 is 11.8. The Balaban J connectivity index is 0.00000196. The largest absolute Gasteiger partial charge is 0.494 e. The van der Waals surface area contributed by atoms with E-state index in [4.69, 9.17) is 9.47 Å². The van der Waals surface area contributed by atoms with Crippen LogP contribution >= 0.6 is 12.4 Å². The summed E-state index contributed by atoms with van der Waals surface area (Å²) in [7, 11) is 0. The number of rotatable bonds is 4. The standard InChI is InChI=1S/C20H28N2O3.ClH/c1-4-24-19-8-14-7-13(3)25-18(14)10-16(19)15-9-17(15)20(23)22-6-5-21-11-12(22)2;/h8,10,12-13,15,17,21H,4-7,9,11H2,1-3H3;1H/t12-,13?,15?,17?;/m1./s1. The van der Waals surface area contributed by atoms with Crippen molar-refractivity contribution in [1.29, 1.82) is 0 Å². The van der Waals surface area contributed by atoms with Crippen LogP contribution < -0.4 is 14.8 Å². The molecule has 2 aliphatic heterocycles. The van der Waals surface area contributed by atoms with Crippen molar-refractivity contribution in [3.05, 3.63) is 23.3 Å². The minimum atomic E-state index is 0. The number of nitrogens with one attached hydrogen (secondary N) is 1. The fraction of sp³-hybridized carbons (Fsp3) is 0.650. The molecule has 6 heteroatoms. The molecule has 144 valence electrons. The lowest BCUT2D eigenvalue weighted by molar-refractivity contribution is -0.135. The van der Waals surface area contributed by atoms with E-state index in [9.17, 15) is 4.79 Å². The van der Waals surface area contributed by atoms with Crippen LogP contribution in [0.1, 0.15) is 44.2 Å². The maximum absolute atomic E-state index is 12.9. The van der Waals surface area contributed by atoms with E-state index in [0.717, 1.165) is 49.5 Å². The molecule has 1 saturated heterocycles. The molecule has 1 amide bonds. The molecular weight excluding hydrogens is 352 g/mol. The quantitative estimate of drug-likeness (QED) is 0.872. The summed E-state index contributed by atoms with van der Waals surface area (Å²) in [5.41, 5.74) is 2.37. The van der Waals surface area contributed by atoms with E-state index in [1.165, 1.54) is 5.56 Å². The average molecular weight is 381 g/mol. The van der Waals surface area contributed by atoms with Crippen LogP contribution in [0.4, 0.5) is 0 Å². The molecule has 3 unspecified atom stereocenters. The van der Waals surface area contributed by atoms with Crippen molar-refractivity contribution in [2.75, 3.05) is 26.2 Å². The van der Waals surface area contributed by atoms with Gasteiger partial charge in [-0.05, 0) is 39.3 Å². The van der Waals surface area contributed by atoms with Gasteiger partial charge in [0.2, 0.25) is 5.91 Å². The Hall–Kier alpha value is -1.46. The number of fused-ring (bicyclic) bond motifs is 1. The predicted octanol–water partition coefficient (Wildman–Crippen LogP) is 2.75. The molecule has 1 saturated carbocycles. The molecule has 2 heterocycles. The van der Waals surface area contributed by atoms with Crippen molar-refractivity contribution >= 4 is 18.3 Å². The minimum absolute atomic E-state index is 0. The number of amides is 1. The van der Waals surface area contributed by atoms with Gasteiger partial charge in [-0.15, -0.1) is 12.4 Å². The average Bonchev–Trinajstić information content (AvgIpc) is 3.29. The summed E-state index contributed by atoms with van der Waals surface area (Å²) in [6.07, 6.45) is 2.07. The van der Waals surface area contributed by atoms with E-state index in [1.54, 1.807) is 0 Å². The van der Waals surface area contributed by atoms with Crippen LogP contribution in [-0.4, -0.2) is 49.2 Å². The van der Waals surface area contributed by atoms with Gasteiger partial charge in [0.05, 0.1) is 6.61 Å². The topological polar surface area (TPSA) is 50.8 Å². The van der Waals surface area contributed by atoms with Gasteiger partial charge in [-0.2, -0.15) is 0 Å². The second-order valence-corrected chi connectivity index (χ2v) is 7.60. The second kappa shape index (κ2) is 7.65. The maximum atomic E-state index is 12.9. The summed E-state index contributed by atoms with van der Waals surface area (Å²) in [5, 5.41) is 3.35. The van der Waals surface area contributed by atoms with Crippen molar-refractivity contribution < 1.29 is 14.3 Å². The van der Waals surface area contributed by atoms with E-state index in [0.29, 0.717) is 12.5 Å². The molecule has 0 aromatic heterocycles. The highest BCUT2D eigenvalue weighted by Gasteiger charge is 2.48. The maximum Gasteiger partial charge on any atom is 0.226 e. The summed E-state index contributed by atoms with van der Waals surface area (Å²) in [4.78, 5) is 15.0. The number of piperazine rings is 1. The number of benzene rings is 1. The fourth-order valence-corrected chi connectivity index (χ4v) is 4.22. The molecule has 0 bridgehead atoms. The van der Waals surface area contributed by atoms with Crippen molar-refractivity contribution in [3.8, 4) is 11.5 Å². The van der Waals surface area contributed by atoms with Gasteiger partial charge in [-0.25, -0.2) is 0 Å². The molecule has 26 heavy (non-hydrogen) atoms. The SMILES string of the molecule is CCOc1cc2c(cc1C1CC1C(=O)N1CCNC[C@H]1C)OC(C)C2.Cl. The lowest BCUT2D eigenvalue weighted by atomic mass is 10.0. The molecule has 1 N–H and O–H groups in total. The highest BCUT2D eigenvalue weighted by Crippen LogP contribution is 2.53. The third-order valence-electron chi connectivity index (χ3n) is 5.62. The predicted molar refractivity (Wildman–Crippen MR) is 104 cm³/mol. The second-order valence-electron chi connectivity index (χ2n) is 7.60. The summed E-state index contributed by atoms with van der Waals surface area (Å²) in [6.45, 7) is 9.45. The van der Waals surface area contributed by atoms with Crippen LogP contribution in [0, 0.1) is 5.92 Å². The van der Waals surface area contributed by atoms with E-state index in [-0.39, 0.29) is 36.4 Å². The van der Waals surface area contributed by atoms with Gasteiger partial charge in [0.15, 0.2) is 0 Å². The van der Waals surface area contributed by atoms with Gasteiger partial charge in [-0.3, -0.25) is 4.79 Å². The van der Waals surface area contributed by atoms with Crippen LogP contribution in [-0.2, 0) is 11.2 Å². The molecule has 4 atom stereocenters. The van der Waals surface area contributed by atoms with E-state index >= 15 is 0 Å². The van der Waals surface area contributed by atoms with Crippen LogP contribution in [0.15, 0.2) is 12.1 Å². The third-order valence-corrected chi connectivity index (χ3v) is 5.62. The number of ether oxygens (including phenoxy) is 2. The van der Waals surface area contributed by atoms with Crippen molar-refractivity contribution in [1.82, 2.24) is 10.2 Å². The van der Waals surface area contributed by atoms with Crippen LogP contribution in [0.2, 0.25) is 0 Å². The Morgan fingerprint density at radius 2 is 2.19 bits per heavy atom. The van der Waals surface area contributed by atoms with Crippen molar-refractivity contribution in [2.24, 2.45) is 5.92 Å². The first-order chi connectivity index (χ1) is 12.1. The number of carbonyl (C=O) groups excluding carboxylic acids is 1. The molecule has 1 aliphatic carbocycles. The highest BCUT2D eigenvalue weighted by atomic mass is 35.5. The van der Waals surface area contributed by atoms with E-state index < -0.39 is 0 Å². The lowest BCUT2D eigenvalue weighted by Crippen LogP contribution is -2.52. The zero-order valence-electron chi connectivity index (χ0n) is 15.8. The highest BCUT2D eigenvalue weighted by molar-refractivity contribution is 5.85. The zero-order valence-corrected chi connectivity index (χ0v) is 16.6. The molecule has 0 spiro atoms. The molecule has 4 rings (SSSR count). The fourth-order valence-electron chi connectivity index (χ4n) is 4.22. The van der Waals surface area contributed by atoms with Crippen LogP contribution in [0.5, 0.6) is 11.5 Å². The molecule has 1 aromatic rings. The zero-order chi connectivity index (χ0) is 17.6. The number of hydrogen-bond acceptors (Lipinski definition) is 4. The first-order valence-electron chi connectivity index (χ1n) is 9.56. The summed E-state index contributed by atoms with van der Waals surface area (Å²) in [5.74, 6) is 2.57. The Labute approximate surface area is 161 Å². The van der Waals surface area contributed by atoms with Crippen LogP contribution in [0.3, 0.4) is 0 Å². The van der Waals surface area contributed by atoms with E-state index in [1.807, 2.05) is 11.8 Å². The Morgan fingerprint density at radius 3 is 2.92 bits per heavy atom. The molecule has 2 fully saturated rings. The van der Waals surface area contributed by atoms with Crippen molar-refractivity contribution in [2.45, 2.75) is 51.7 Å². The van der Waals surface area contributed by atoms with Gasteiger partial charge in [0.1, 0.15) is 17.6 Å². The Kier molecular flexibility index (Phi) is 5.68. The number of halogens is 1. The number of hydrogen-bond donors (Lipinski definition) is 1. The summed E-state index contributed by atoms with van der Waals surface area (Å²) >= 11 is 0. The Morgan fingerprint density at radius 1 is 1.38 bits per heavy atom. The lowest BCUT2D eigenvalue weighted by Gasteiger charge is -2.34. The van der Waals surface area contributed by atoms with Gasteiger partial charge in [0, 0.05) is 55.1 Å².